The molecule has 0 radical (unpaired) electrons. The second kappa shape index (κ2) is 5.41. The van der Waals surface area contributed by atoms with Gasteiger partial charge in [0, 0.05) is 6.42 Å². The third-order valence-corrected chi connectivity index (χ3v) is 1.71. The molecule has 0 rings (SSSR count). The average molecular weight is 159 g/mol. The van der Waals surface area contributed by atoms with E-state index in [1.807, 2.05) is 0 Å². The third-order valence-electron chi connectivity index (χ3n) is 1.71. The first-order valence-corrected chi connectivity index (χ1v) is 3.79. The van der Waals surface area contributed by atoms with Gasteiger partial charge in [-0.1, -0.05) is 0 Å². The van der Waals surface area contributed by atoms with Gasteiger partial charge in [0.15, 0.2) is 0 Å². The second-order valence-corrected chi connectivity index (χ2v) is 3.10. The molecule has 0 aliphatic carbocycles. The quantitative estimate of drug-likeness (QED) is 0.432. The molecule has 0 aromatic heterocycles. The number of rotatable bonds is 5. The van der Waals surface area contributed by atoms with Gasteiger partial charge < -0.3 is 0 Å². The van der Waals surface area contributed by atoms with E-state index in [4.69, 9.17) is 4.74 Å². The Hall–Kier alpha value is -0.250. The average Bonchev–Trinajstić information content (AvgIpc) is 1.87. The number of hydrogen-bond donors (Lipinski definition) is 0. The fraction of sp³-hybridized carbons (Fsp3) is 0.875. The maximum atomic E-state index is 4.77. The summed E-state index contributed by atoms with van der Waals surface area (Å²) in [5.41, 5.74) is 0. The maximum absolute atomic E-state index is 4.77. The summed E-state index contributed by atoms with van der Waals surface area (Å²) < 4.78 is 4.77. The molecule has 0 N–H and O–H groups in total. The highest BCUT2D eigenvalue weighted by molar-refractivity contribution is 4.61. The molecule has 66 valence electrons. The summed E-state index contributed by atoms with van der Waals surface area (Å²) in [6, 6.07) is 0. The molecule has 0 aromatic rings. The van der Waals surface area contributed by atoms with Crippen molar-refractivity contribution >= 4 is 0 Å². The topological polar surface area (TPSA) is 15.7 Å². The second-order valence-electron chi connectivity index (χ2n) is 3.10. The summed E-state index contributed by atoms with van der Waals surface area (Å²) in [6.45, 7) is 0.709. The van der Waals surface area contributed by atoms with Crippen molar-refractivity contribution in [2.24, 2.45) is 0 Å². The summed E-state index contributed by atoms with van der Waals surface area (Å²) in [6.07, 6.45) is 1.43. The van der Waals surface area contributed by atoms with Crippen LogP contribution in [0.25, 0.3) is 0 Å². The fourth-order valence-electron chi connectivity index (χ4n) is 1.17. The minimum Gasteiger partial charge on any atom is -0.294 e. The van der Waals surface area contributed by atoms with Crippen LogP contribution in [0.1, 0.15) is 6.42 Å². The van der Waals surface area contributed by atoms with Crippen LogP contribution in [0.5, 0.6) is 0 Å². The van der Waals surface area contributed by atoms with E-state index in [0.717, 1.165) is 6.42 Å². The van der Waals surface area contributed by atoms with Gasteiger partial charge in [-0.2, -0.15) is 4.74 Å². The lowest BCUT2D eigenvalue weighted by Crippen LogP contribution is -2.41. The van der Waals surface area contributed by atoms with Crippen LogP contribution in [-0.4, -0.2) is 50.8 Å². The third kappa shape index (κ3) is 4.24. The van der Waals surface area contributed by atoms with E-state index in [1.54, 1.807) is 0 Å². The fourth-order valence-corrected chi connectivity index (χ4v) is 1.17. The molecule has 0 amide bonds. The van der Waals surface area contributed by atoms with E-state index < -0.39 is 0 Å². The van der Waals surface area contributed by atoms with Gasteiger partial charge in [-0.05, 0) is 28.2 Å². The molecule has 0 heterocycles. The Kier molecular flexibility index (Phi) is 5.28. The van der Waals surface area contributed by atoms with Gasteiger partial charge in [-0.25, -0.2) is 0 Å². The van der Waals surface area contributed by atoms with Gasteiger partial charge in [-0.15, -0.1) is 0 Å². The van der Waals surface area contributed by atoms with Crippen molar-refractivity contribution in [1.29, 1.82) is 0 Å². The predicted molar refractivity (Wildman–Crippen MR) is 47.1 cm³/mol. The van der Waals surface area contributed by atoms with Crippen LogP contribution in [-0.2, 0) is 4.74 Å². The van der Waals surface area contributed by atoms with Gasteiger partial charge in [0.25, 0.3) is 0 Å². The van der Waals surface area contributed by atoms with Gasteiger partial charge in [0.05, 0.1) is 6.17 Å². The van der Waals surface area contributed by atoms with Gasteiger partial charge in [0.2, 0.25) is 7.11 Å². The first kappa shape index (κ1) is 10.8. The molecule has 0 fully saturated rings. The van der Waals surface area contributed by atoms with Gasteiger partial charge >= 0.3 is 0 Å². The van der Waals surface area contributed by atoms with E-state index in [2.05, 4.69) is 45.1 Å². The summed E-state index contributed by atoms with van der Waals surface area (Å²) in [5, 5.41) is 0. The Bertz CT molecular complexity index is 86.1. The normalized spacial score (nSPS) is 11.9. The van der Waals surface area contributed by atoms with Crippen LogP contribution >= 0.6 is 0 Å². The van der Waals surface area contributed by atoms with Gasteiger partial charge in [0.1, 0.15) is 6.61 Å². The molecule has 0 bridgehead atoms. The van der Waals surface area contributed by atoms with Crippen molar-refractivity contribution in [2.45, 2.75) is 12.6 Å². The first-order chi connectivity index (χ1) is 5.09. The molecule has 0 atom stereocenters. The van der Waals surface area contributed by atoms with Crippen molar-refractivity contribution < 1.29 is 4.74 Å². The largest absolute Gasteiger partial charge is 0.294 e. The van der Waals surface area contributed by atoms with Crippen molar-refractivity contribution in [1.82, 2.24) is 9.80 Å². The summed E-state index contributed by atoms with van der Waals surface area (Å²) in [5.74, 6) is 0. The minimum atomic E-state index is 0.441. The zero-order chi connectivity index (χ0) is 8.85. The van der Waals surface area contributed by atoms with E-state index in [0.29, 0.717) is 12.8 Å². The van der Waals surface area contributed by atoms with E-state index in [-0.39, 0.29) is 0 Å². The highest BCUT2D eigenvalue weighted by Crippen LogP contribution is 2.02. The summed E-state index contributed by atoms with van der Waals surface area (Å²) >= 11 is 0. The zero-order valence-electron chi connectivity index (χ0n) is 8.00. The Labute approximate surface area is 69.9 Å². The number of nitrogens with zero attached hydrogens (tertiary/aromatic N) is 2. The van der Waals surface area contributed by atoms with Crippen LogP contribution in [0.15, 0.2) is 0 Å². The van der Waals surface area contributed by atoms with Crippen molar-refractivity contribution in [3.05, 3.63) is 7.11 Å². The highest BCUT2D eigenvalue weighted by Gasteiger charge is 2.12. The lowest BCUT2D eigenvalue weighted by Gasteiger charge is -2.29. The molecule has 0 aliphatic rings. The van der Waals surface area contributed by atoms with E-state index in [9.17, 15) is 0 Å². The molecule has 3 nitrogen and oxygen atoms in total. The monoisotopic (exact) mass is 159 g/mol. The lowest BCUT2D eigenvalue weighted by molar-refractivity contribution is 0.0912. The smallest absolute Gasteiger partial charge is 0.213 e. The van der Waals surface area contributed by atoms with Crippen LogP contribution in [0, 0.1) is 7.11 Å². The molecular weight excluding hydrogens is 140 g/mol. The zero-order valence-corrected chi connectivity index (χ0v) is 8.00. The minimum absolute atomic E-state index is 0.441. The standard InChI is InChI=1S/C8H19N2O/c1-9(2)8(10(3)4)6-7-11-5/h8H,5-7H2,1-4H3/q+1. The molecule has 0 aliphatic heterocycles. The molecule has 0 spiro atoms. The molecule has 11 heavy (non-hydrogen) atoms. The Balaban J connectivity index is 3.70. The van der Waals surface area contributed by atoms with Gasteiger partial charge in [-0.3, -0.25) is 9.80 Å². The Morgan fingerprint density at radius 2 is 1.64 bits per heavy atom. The molecule has 0 unspecified atom stereocenters. The lowest BCUT2D eigenvalue weighted by atomic mass is 10.3. The summed E-state index contributed by atoms with van der Waals surface area (Å²) in [7, 11) is 11.6. The van der Waals surface area contributed by atoms with Crippen LogP contribution in [0.4, 0.5) is 0 Å². The van der Waals surface area contributed by atoms with Crippen molar-refractivity contribution in [3.63, 3.8) is 0 Å². The molecule has 0 saturated carbocycles. The molecule has 3 heteroatoms. The maximum Gasteiger partial charge on any atom is 0.213 e. The van der Waals surface area contributed by atoms with E-state index >= 15 is 0 Å². The Morgan fingerprint density at radius 1 is 1.18 bits per heavy atom. The molecular formula is C8H19N2O+. The van der Waals surface area contributed by atoms with Crippen molar-refractivity contribution in [2.75, 3.05) is 34.8 Å². The van der Waals surface area contributed by atoms with Crippen LogP contribution in [0.3, 0.4) is 0 Å². The van der Waals surface area contributed by atoms with Crippen LogP contribution in [0.2, 0.25) is 0 Å². The molecule has 0 aromatic carbocycles. The van der Waals surface area contributed by atoms with Crippen molar-refractivity contribution in [3.8, 4) is 0 Å². The predicted octanol–water partition coefficient (Wildman–Crippen LogP) is 0.634. The molecule has 0 saturated heterocycles. The first-order valence-electron chi connectivity index (χ1n) is 3.79. The van der Waals surface area contributed by atoms with Crippen LogP contribution < -0.4 is 0 Å². The highest BCUT2D eigenvalue weighted by atomic mass is 16.5. The number of hydrogen-bond acceptors (Lipinski definition) is 3. The number of ether oxygens (including phenoxy) is 1. The summed E-state index contributed by atoms with van der Waals surface area (Å²) in [4.78, 5) is 4.33. The SMILES string of the molecule is [CH2+]OCCC(N(C)C)N(C)C. The van der Waals surface area contributed by atoms with E-state index in [1.165, 1.54) is 0 Å². The Morgan fingerprint density at radius 3 is 1.91 bits per heavy atom.